The number of amides is 1. The third-order valence-electron chi connectivity index (χ3n) is 3.71. The fourth-order valence-electron chi connectivity index (χ4n) is 2.65. The molecule has 2 rings (SSSR count). The highest BCUT2D eigenvalue weighted by atomic mass is 16.2. The first kappa shape index (κ1) is 10.7. The van der Waals surface area contributed by atoms with Crippen LogP contribution in [-0.4, -0.2) is 17.8 Å². The molecule has 84 valence electrons. The SMILES string of the molecule is CCC1CCCC(C2=NC(C)C(=O)N2)C1. The van der Waals surface area contributed by atoms with Crippen LogP contribution in [0.25, 0.3) is 0 Å². The van der Waals surface area contributed by atoms with Crippen molar-refractivity contribution in [3.63, 3.8) is 0 Å². The fourth-order valence-corrected chi connectivity index (χ4v) is 2.65. The number of carbonyl (C=O) groups is 1. The van der Waals surface area contributed by atoms with Gasteiger partial charge in [-0.1, -0.05) is 26.2 Å². The highest BCUT2D eigenvalue weighted by Crippen LogP contribution is 2.32. The predicted octanol–water partition coefficient (Wildman–Crippen LogP) is 2.12. The number of carbonyl (C=O) groups excluding carboxylic acids is 1. The fraction of sp³-hybridized carbons (Fsp3) is 0.833. The van der Waals surface area contributed by atoms with Crippen LogP contribution >= 0.6 is 0 Å². The molecule has 0 aromatic rings. The number of rotatable bonds is 2. The highest BCUT2D eigenvalue weighted by Gasteiger charge is 2.30. The van der Waals surface area contributed by atoms with Crippen LogP contribution in [-0.2, 0) is 4.79 Å². The summed E-state index contributed by atoms with van der Waals surface area (Å²) in [5.74, 6) is 2.38. The van der Waals surface area contributed by atoms with Gasteiger partial charge in [-0.15, -0.1) is 0 Å². The summed E-state index contributed by atoms with van der Waals surface area (Å²) in [5, 5.41) is 2.93. The van der Waals surface area contributed by atoms with Crippen molar-refractivity contribution in [2.24, 2.45) is 16.8 Å². The van der Waals surface area contributed by atoms with E-state index in [-0.39, 0.29) is 11.9 Å². The summed E-state index contributed by atoms with van der Waals surface area (Å²) in [7, 11) is 0. The Morgan fingerprint density at radius 1 is 1.47 bits per heavy atom. The van der Waals surface area contributed by atoms with Crippen LogP contribution in [0.3, 0.4) is 0 Å². The smallest absolute Gasteiger partial charge is 0.249 e. The van der Waals surface area contributed by atoms with E-state index in [0.29, 0.717) is 5.92 Å². The average Bonchev–Trinajstić information content (AvgIpc) is 2.59. The van der Waals surface area contributed by atoms with E-state index in [1.807, 2.05) is 6.92 Å². The molecule has 1 aliphatic heterocycles. The second-order valence-corrected chi connectivity index (χ2v) is 4.82. The van der Waals surface area contributed by atoms with Crippen LogP contribution in [0.1, 0.15) is 46.0 Å². The van der Waals surface area contributed by atoms with Gasteiger partial charge in [0, 0.05) is 5.92 Å². The maximum atomic E-state index is 11.4. The second-order valence-electron chi connectivity index (χ2n) is 4.82. The molecule has 1 aliphatic carbocycles. The molecule has 0 saturated heterocycles. The normalized spacial score (nSPS) is 36.3. The van der Waals surface area contributed by atoms with Crippen molar-refractivity contribution >= 4 is 11.7 Å². The van der Waals surface area contributed by atoms with Gasteiger partial charge in [0.15, 0.2) is 0 Å². The maximum absolute atomic E-state index is 11.4. The minimum Gasteiger partial charge on any atom is -0.312 e. The third kappa shape index (κ3) is 2.21. The van der Waals surface area contributed by atoms with Gasteiger partial charge in [0.1, 0.15) is 11.9 Å². The molecule has 1 heterocycles. The van der Waals surface area contributed by atoms with Gasteiger partial charge in [-0.05, 0) is 25.7 Å². The lowest BCUT2D eigenvalue weighted by molar-refractivity contribution is -0.119. The summed E-state index contributed by atoms with van der Waals surface area (Å²) < 4.78 is 0. The number of nitrogens with one attached hydrogen (secondary N) is 1. The van der Waals surface area contributed by atoms with E-state index in [2.05, 4.69) is 17.2 Å². The van der Waals surface area contributed by atoms with Crippen LogP contribution in [0.4, 0.5) is 0 Å². The topological polar surface area (TPSA) is 41.5 Å². The lowest BCUT2D eigenvalue weighted by Gasteiger charge is -2.28. The first-order valence-corrected chi connectivity index (χ1v) is 6.09. The molecule has 3 nitrogen and oxygen atoms in total. The minimum atomic E-state index is -0.165. The van der Waals surface area contributed by atoms with Crippen LogP contribution < -0.4 is 5.32 Å². The van der Waals surface area contributed by atoms with Gasteiger partial charge in [-0.25, -0.2) is 0 Å². The van der Waals surface area contributed by atoms with E-state index in [4.69, 9.17) is 0 Å². The zero-order chi connectivity index (χ0) is 10.8. The van der Waals surface area contributed by atoms with Crippen LogP contribution in [0, 0.1) is 11.8 Å². The number of nitrogens with zero attached hydrogens (tertiary/aromatic N) is 1. The van der Waals surface area contributed by atoms with E-state index in [9.17, 15) is 4.79 Å². The molecular weight excluding hydrogens is 188 g/mol. The lowest BCUT2D eigenvalue weighted by Crippen LogP contribution is -2.34. The molecule has 1 fully saturated rings. The summed E-state index contributed by atoms with van der Waals surface area (Å²) in [6.07, 6.45) is 6.30. The van der Waals surface area contributed by atoms with Crippen LogP contribution in [0.2, 0.25) is 0 Å². The summed E-state index contributed by atoms with van der Waals surface area (Å²) in [6.45, 7) is 4.12. The van der Waals surface area contributed by atoms with Crippen molar-refractivity contribution in [2.75, 3.05) is 0 Å². The minimum absolute atomic E-state index is 0.0728. The van der Waals surface area contributed by atoms with Gasteiger partial charge >= 0.3 is 0 Å². The first-order valence-electron chi connectivity index (χ1n) is 6.09. The number of hydrogen-bond acceptors (Lipinski definition) is 2. The molecule has 0 radical (unpaired) electrons. The summed E-state index contributed by atoms with van der Waals surface area (Å²) in [4.78, 5) is 15.8. The van der Waals surface area contributed by atoms with Crippen molar-refractivity contribution in [1.82, 2.24) is 5.32 Å². The Morgan fingerprint density at radius 2 is 2.27 bits per heavy atom. The Bertz CT molecular complexity index is 285. The average molecular weight is 208 g/mol. The van der Waals surface area contributed by atoms with Gasteiger partial charge in [0.25, 0.3) is 0 Å². The molecular formula is C12H20N2O. The molecule has 0 aromatic heterocycles. The molecule has 0 aromatic carbocycles. The Hall–Kier alpha value is -0.860. The van der Waals surface area contributed by atoms with E-state index in [1.54, 1.807) is 0 Å². The molecule has 1 N–H and O–H groups in total. The summed E-state index contributed by atoms with van der Waals surface area (Å²) in [6, 6.07) is -0.165. The predicted molar refractivity (Wildman–Crippen MR) is 60.8 cm³/mol. The number of amidine groups is 1. The molecule has 3 unspecified atom stereocenters. The van der Waals surface area contributed by atoms with Gasteiger partial charge in [-0.3, -0.25) is 9.79 Å². The van der Waals surface area contributed by atoms with E-state index in [0.717, 1.165) is 11.8 Å². The Morgan fingerprint density at radius 3 is 2.87 bits per heavy atom. The summed E-state index contributed by atoms with van der Waals surface area (Å²) in [5.41, 5.74) is 0. The molecule has 0 bridgehead atoms. The first-order chi connectivity index (χ1) is 7.20. The van der Waals surface area contributed by atoms with E-state index >= 15 is 0 Å². The largest absolute Gasteiger partial charge is 0.312 e. The van der Waals surface area contributed by atoms with Gasteiger partial charge in [0.2, 0.25) is 5.91 Å². The Kier molecular flexibility index (Phi) is 3.08. The van der Waals surface area contributed by atoms with Crippen LogP contribution in [0.15, 0.2) is 4.99 Å². The van der Waals surface area contributed by atoms with Crippen molar-refractivity contribution in [3.05, 3.63) is 0 Å². The Balaban J connectivity index is 1.99. The second kappa shape index (κ2) is 4.33. The van der Waals surface area contributed by atoms with Crippen molar-refractivity contribution in [1.29, 1.82) is 0 Å². The maximum Gasteiger partial charge on any atom is 0.249 e. The third-order valence-corrected chi connectivity index (χ3v) is 3.71. The standard InChI is InChI=1S/C12H20N2O/c1-3-9-5-4-6-10(7-9)11-13-8(2)12(15)14-11/h8-10H,3-7H2,1-2H3,(H,13,14,15). The number of aliphatic imine (C=N–C) groups is 1. The monoisotopic (exact) mass is 208 g/mol. The van der Waals surface area contributed by atoms with Gasteiger partial charge in [-0.2, -0.15) is 0 Å². The Labute approximate surface area is 91.3 Å². The zero-order valence-electron chi connectivity index (χ0n) is 9.62. The molecule has 0 spiro atoms. The molecule has 3 heteroatoms. The summed E-state index contributed by atoms with van der Waals surface area (Å²) >= 11 is 0. The molecule has 1 amide bonds. The molecule has 15 heavy (non-hydrogen) atoms. The molecule has 1 saturated carbocycles. The molecule has 3 atom stereocenters. The highest BCUT2D eigenvalue weighted by molar-refractivity contribution is 6.06. The van der Waals surface area contributed by atoms with E-state index < -0.39 is 0 Å². The molecule has 2 aliphatic rings. The lowest BCUT2D eigenvalue weighted by atomic mass is 9.79. The van der Waals surface area contributed by atoms with Crippen LogP contribution in [0.5, 0.6) is 0 Å². The van der Waals surface area contributed by atoms with Crippen molar-refractivity contribution in [3.8, 4) is 0 Å². The quantitative estimate of drug-likeness (QED) is 0.742. The van der Waals surface area contributed by atoms with Gasteiger partial charge in [0.05, 0.1) is 0 Å². The van der Waals surface area contributed by atoms with Crippen molar-refractivity contribution in [2.45, 2.75) is 52.0 Å². The zero-order valence-corrected chi connectivity index (χ0v) is 9.62. The van der Waals surface area contributed by atoms with E-state index in [1.165, 1.54) is 32.1 Å². The van der Waals surface area contributed by atoms with Crippen molar-refractivity contribution < 1.29 is 4.79 Å². The number of hydrogen-bond donors (Lipinski definition) is 1. The van der Waals surface area contributed by atoms with Gasteiger partial charge < -0.3 is 5.32 Å².